The van der Waals surface area contributed by atoms with Gasteiger partial charge in [-0.2, -0.15) is 4.98 Å². The summed E-state index contributed by atoms with van der Waals surface area (Å²) in [5.74, 6) is 0.847. The second kappa shape index (κ2) is 4.86. The standard InChI is InChI=1S/C12H13N3O2/c1-3-9(16)7-11-14-12(15-17-11)10-6-8(2)4-5-13-10/h4-6H,3,7H2,1-2H3. The number of aryl methyl sites for hydroxylation is 1. The number of ketones is 1. The molecule has 2 aromatic rings. The zero-order valence-corrected chi connectivity index (χ0v) is 9.80. The van der Waals surface area contributed by atoms with E-state index in [1.807, 2.05) is 26.0 Å². The first-order chi connectivity index (χ1) is 8.19. The second-order valence-electron chi connectivity index (χ2n) is 3.80. The molecule has 0 aliphatic heterocycles. The Kier molecular flexibility index (Phi) is 3.27. The summed E-state index contributed by atoms with van der Waals surface area (Å²) in [7, 11) is 0. The lowest BCUT2D eigenvalue weighted by atomic mass is 10.2. The molecule has 0 amide bonds. The number of carbonyl (C=O) groups is 1. The van der Waals surface area contributed by atoms with Crippen molar-refractivity contribution >= 4 is 5.78 Å². The molecule has 2 rings (SSSR count). The van der Waals surface area contributed by atoms with Crippen LogP contribution in [-0.4, -0.2) is 20.9 Å². The number of pyridine rings is 1. The van der Waals surface area contributed by atoms with Gasteiger partial charge < -0.3 is 4.52 Å². The van der Waals surface area contributed by atoms with Crippen LogP contribution in [0.2, 0.25) is 0 Å². The molecule has 0 saturated heterocycles. The number of hydrogen-bond donors (Lipinski definition) is 0. The maximum absolute atomic E-state index is 11.2. The van der Waals surface area contributed by atoms with Crippen molar-refractivity contribution in [1.82, 2.24) is 15.1 Å². The Morgan fingerprint density at radius 2 is 2.29 bits per heavy atom. The third-order valence-electron chi connectivity index (χ3n) is 2.36. The normalized spacial score (nSPS) is 10.5. The molecule has 0 spiro atoms. The molecule has 0 N–H and O–H groups in total. The Balaban J connectivity index is 2.21. The molecule has 0 saturated carbocycles. The zero-order valence-electron chi connectivity index (χ0n) is 9.80. The average molecular weight is 231 g/mol. The van der Waals surface area contributed by atoms with Gasteiger partial charge in [0, 0.05) is 12.6 Å². The molecule has 0 atom stereocenters. The van der Waals surface area contributed by atoms with Crippen LogP contribution in [0.1, 0.15) is 24.8 Å². The van der Waals surface area contributed by atoms with Crippen molar-refractivity contribution in [3.8, 4) is 11.5 Å². The van der Waals surface area contributed by atoms with Crippen LogP contribution in [-0.2, 0) is 11.2 Å². The van der Waals surface area contributed by atoms with Gasteiger partial charge in [-0.05, 0) is 24.6 Å². The maximum Gasteiger partial charge on any atom is 0.234 e. The van der Waals surface area contributed by atoms with Crippen molar-refractivity contribution in [3.63, 3.8) is 0 Å². The highest BCUT2D eigenvalue weighted by Crippen LogP contribution is 2.14. The molecular formula is C12H13N3O2. The molecular weight excluding hydrogens is 218 g/mol. The van der Waals surface area contributed by atoms with Gasteiger partial charge in [0.1, 0.15) is 11.5 Å². The summed E-state index contributed by atoms with van der Waals surface area (Å²) in [5, 5.41) is 3.81. The SMILES string of the molecule is CCC(=O)Cc1nc(-c2cc(C)ccn2)no1. The van der Waals surface area contributed by atoms with Gasteiger partial charge in [-0.1, -0.05) is 12.1 Å². The van der Waals surface area contributed by atoms with Crippen LogP contribution in [0.15, 0.2) is 22.9 Å². The van der Waals surface area contributed by atoms with E-state index in [-0.39, 0.29) is 12.2 Å². The van der Waals surface area contributed by atoms with Crippen LogP contribution >= 0.6 is 0 Å². The summed E-state index contributed by atoms with van der Waals surface area (Å²) in [6, 6.07) is 3.77. The molecule has 0 bridgehead atoms. The average Bonchev–Trinajstić information content (AvgIpc) is 2.77. The molecule has 2 heterocycles. The van der Waals surface area contributed by atoms with Gasteiger partial charge >= 0.3 is 0 Å². The Bertz CT molecular complexity index is 534. The van der Waals surface area contributed by atoms with Gasteiger partial charge in [-0.15, -0.1) is 0 Å². The maximum atomic E-state index is 11.2. The lowest BCUT2D eigenvalue weighted by Gasteiger charge is -1.94. The lowest BCUT2D eigenvalue weighted by molar-refractivity contribution is -0.118. The van der Waals surface area contributed by atoms with Crippen LogP contribution in [0, 0.1) is 6.92 Å². The first-order valence-corrected chi connectivity index (χ1v) is 5.46. The van der Waals surface area contributed by atoms with Gasteiger partial charge in [0.25, 0.3) is 0 Å². The highest BCUT2D eigenvalue weighted by Gasteiger charge is 2.12. The lowest BCUT2D eigenvalue weighted by Crippen LogP contribution is -2.00. The van der Waals surface area contributed by atoms with Gasteiger partial charge in [0.15, 0.2) is 0 Å². The van der Waals surface area contributed by atoms with E-state index in [4.69, 9.17) is 4.52 Å². The van der Waals surface area contributed by atoms with E-state index in [0.717, 1.165) is 5.56 Å². The molecule has 0 aliphatic rings. The largest absolute Gasteiger partial charge is 0.338 e. The molecule has 0 aliphatic carbocycles. The van der Waals surface area contributed by atoms with Crippen molar-refractivity contribution in [3.05, 3.63) is 29.8 Å². The van der Waals surface area contributed by atoms with Crippen molar-refractivity contribution in [2.24, 2.45) is 0 Å². The van der Waals surface area contributed by atoms with Gasteiger partial charge in [0.05, 0.1) is 6.42 Å². The quantitative estimate of drug-likeness (QED) is 0.804. The highest BCUT2D eigenvalue weighted by atomic mass is 16.5. The number of nitrogens with zero attached hydrogens (tertiary/aromatic N) is 3. The Morgan fingerprint density at radius 3 is 3.00 bits per heavy atom. The molecule has 5 nitrogen and oxygen atoms in total. The van der Waals surface area contributed by atoms with Crippen LogP contribution in [0.3, 0.4) is 0 Å². The highest BCUT2D eigenvalue weighted by molar-refractivity contribution is 5.79. The summed E-state index contributed by atoms with van der Waals surface area (Å²) < 4.78 is 5.01. The van der Waals surface area contributed by atoms with E-state index in [2.05, 4.69) is 15.1 Å². The molecule has 0 radical (unpaired) electrons. The minimum atomic E-state index is 0.0809. The first-order valence-electron chi connectivity index (χ1n) is 5.46. The molecule has 0 fully saturated rings. The predicted octanol–water partition coefficient (Wildman–Crippen LogP) is 1.96. The minimum absolute atomic E-state index is 0.0809. The summed E-state index contributed by atoms with van der Waals surface area (Å²) in [4.78, 5) is 19.5. The molecule has 5 heteroatoms. The third kappa shape index (κ3) is 2.75. The van der Waals surface area contributed by atoms with Crippen molar-refractivity contribution in [1.29, 1.82) is 0 Å². The number of hydrogen-bond acceptors (Lipinski definition) is 5. The fourth-order valence-electron chi connectivity index (χ4n) is 1.38. The van der Waals surface area contributed by atoms with Crippen molar-refractivity contribution in [2.75, 3.05) is 0 Å². The fourth-order valence-corrected chi connectivity index (χ4v) is 1.38. The molecule has 17 heavy (non-hydrogen) atoms. The van der Waals surface area contributed by atoms with Crippen molar-refractivity contribution in [2.45, 2.75) is 26.7 Å². The minimum Gasteiger partial charge on any atom is -0.338 e. The van der Waals surface area contributed by atoms with E-state index in [0.29, 0.717) is 23.8 Å². The van der Waals surface area contributed by atoms with E-state index in [1.165, 1.54) is 0 Å². The Morgan fingerprint density at radius 1 is 1.47 bits per heavy atom. The van der Waals surface area contributed by atoms with Crippen LogP contribution in [0.25, 0.3) is 11.5 Å². The number of aromatic nitrogens is 3. The van der Waals surface area contributed by atoms with Crippen molar-refractivity contribution < 1.29 is 9.32 Å². The van der Waals surface area contributed by atoms with Gasteiger partial charge in [-0.3, -0.25) is 9.78 Å². The molecule has 0 aromatic carbocycles. The summed E-state index contributed by atoms with van der Waals surface area (Å²) in [5.41, 5.74) is 1.73. The first kappa shape index (κ1) is 11.4. The third-order valence-corrected chi connectivity index (χ3v) is 2.36. The van der Waals surface area contributed by atoms with E-state index < -0.39 is 0 Å². The smallest absolute Gasteiger partial charge is 0.234 e. The van der Waals surface area contributed by atoms with Crippen LogP contribution in [0.4, 0.5) is 0 Å². The molecule has 88 valence electrons. The van der Waals surface area contributed by atoms with Gasteiger partial charge in [-0.25, -0.2) is 0 Å². The summed E-state index contributed by atoms with van der Waals surface area (Å²) in [6.45, 7) is 3.77. The van der Waals surface area contributed by atoms with E-state index >= 15 is 0 Å². The summed E-state index contributed by atoms with van der Waals surface area (Å²) in [6.07, 6.45) is 2.35. The van der Waals surface area contributed by atoms with E-state index in [1.54, 1.807) is 6.20 Å². The Hall–Kier alpha value is -2.04. The van der Waals surface area contributed by atoms with Crippen LogP contribution in [0.5, 0.6) is 0 Å². The second-order valence-corrected chi connectivity index (χ2v) is 3.80. The van der Waals surface area contributed by atoms with Crippen LogP contribution < -0.4 is 0 Å². The summed E-state index contributed by atoms with van der Waals surface area (Å²) >= 11 is 0. The van der Waals surface area contributed by atoms with Gasteiger partial charge in [0.2, 0.25) is 11.7 Å². The fraction of sp³-hybridized carbons (Fsp3) is 0.333. The topological polar surface area (TPSA) is 68.9 Å². The number of Topliss-reactive ketones (excluding diaryl/α,β-unsaturated/α-hetero) is 1. The number of rotatable bonds is 4. The molecule has 0 unspecified atom stereocenters. The monoisotopic (exact) mass is 231 g/mol. The zero-order chi connectivity index (χ0) is 12.3. The van der Waals surface area contributed by atoms with E-state index in [9.17, 15) is 4.79 Å². The Labute approximate surface area is 98.9 Å². The molecule has 2 aromatic heterocycles. The predicted molar refractivity (Wildman–Crippen MR) is 61.3 cm³/mol. The number of carbonyl (C=O) groups excluding carboxylic acids is 1.